The highest BCUT2D eigenvalue weighted by atomic mass is 14.9. The lowest BCUT2D eigenvalue weighted by molar-refractivity contribution is 0.453. The Labute approximate surface area is 105 Å². The van der Waals surface area contributed by atoms with E-state index in [-0.39, 0.29) is 0 Å². The molecule has 0 aliphatic heterocycles. The third-order valence-electron chi connectivity index (χ3n) is 2.98. The molecule has 2 heteroatoms. The Bertz CT molecular complexity index is 295. The van der Waals surface area contributed by atoms with Gasteiger partial charge in [0.1, 0.15) is 0 Å². The summed E-state index contributed by atoms with van der Waals surface area (Å²) in [5.74, 6) is 0. The van der Waals surface area contributed by atoms with Crippen LogP contribution in [0.3, 0.4) is 0 Å². The van der Waals surface area contributed by atoms with Crippen molar-refractivity contribution < 1.29 is 0 Å². The van der Waals surface area contributed by atoms with Crippen LogP contribution in [0.15, 0.2) is 37.2 Å². The van der Waals surface area contributed by atoms with Crippen LogP contribution in [0.4, 0.5) is 0 Å². The summed E-state index contributed by atoms with van der Waals surface area (Å²) in [6.45, 7) is 6.99. The smallest absolute Gasteiger partial charge is 0.0270 e. The molecule has 1 heterocycles. The van der Waals surface area contributed by atoms with Gasteiger partial charge in [-0.15, -0.1) is 6.58 Å². The lowest BCUT2D eigenvalue weighted by Crippen LogP contribution is -2.29. The van der Waals surface area contributed by atoms with Gasteiger partial charge in [0.25, 0.3) is 0 Å². The minimum atomic E-state index is 0.633. The Morgan fingerprint density at radius 1 is 1.35 bits per heavy atom. The Kier molecular flexibility index (Phi) is 7.32. The van der Waals surface area contributed by atoms with E-state index in [0.717, 1.165) is 19.4 Å². The van der Waals surface area contributed by atoms with Crippen molar-refractivity contribution >= 4 is 0 Å². The molecule has 1 aromatic heterocycles. The fraction of sp³-hybridized carbons (Fsp3) is 0.533. The largest absolute Gasteiger partial charge is 0.314 e. The first-order valence-electron chi connectivity index (χ1n) is 6.60. The maximum atomic E-state index is 4.04. The summed E-state index contributed by atoms with van der Waals surface area (Å²) in [4.78, 5) is 4.04. The van der Waals surface area contributed by atoms with E-state index in [9.17, 15) is 0 Å². The van der Waals surface area contributed by atoms with Crippen molar-refractivity contribution in [3.8, 4) is 0 Å². The Morgan fingerprint density at radius 3 is 2.76 bits per heavy atom. The lowest BCUT2D eigenvalue weighted by atomic mass is 10.0. The summed E-state index contributed by atoms with van der Waals surface area (Å²) >= 11 is 0. The van der Waals surface area contributed by atoms with Gasteiger partial charge < -0.3 is 5.32 Å². The summed E-state index contributed by atoms with van der Waals surface area (Å²) in [7, 11) is 0. The first-order valence-corrected chi connectivity index (χ1v) is 6.60. The second-order valence-corrected chi connectivity index (χ2v) is 4.37. The summed E-state index contributed by atoms with van der Waals surface area (Å²) in [5, 5.41) is 3.56. The molecule has 0 aliphatic carbocycles. The number of aryl methyl sites for hydroxylation is 1. The van der Waals surface area contributed by atoms with E-state index in [2.05, 4.69) is 35.9 Å². The standard InChI is InChI=1S/C15H24N2/c1-3-5-6-7-15(17-4-2)9-8-14-10-12-16-13-11-14/h3,10-13,15,17H,1,4-9H2,2H3. The van der Waals surface area contributed by atoms with E-state index in [1.165, 1.54) is 24.8 Å². The summed E-state index contributed by atoms with van der Waals surface area (Å²) < 4.78 is 0. The molecule has 0 bridgehead atoms. The van der Waals surface area contributed by atoms with Crippen molar-refractivity contribution in [2.75, 3.05) is 6.54 Å². The van der Waals surface area contributed by atoms with Gasteiger partial charge in [-0.2, -0.15) is 0 Å². The van der Waals surface area contributed by atoms with Crippen LogP contribution in [-0.2, 0) is 6.42 Å². The van der Waals surface area contributed by atoms with Crippen LogP contribution in [0.5, 0.6) is 0 Å². The van der Waals surface area contributed by atoms with E-state index in [4.69, 9.17) is 0 Å². The minimum absolute atomic E-state index is 0.633. The highest BCUT2D eigenvalue weighted by molar-refractivity contribution is 5.09. The molecule has 0 amide bonds. The van der Waals surface area contributed by atoms with Crippen LogP contribution in [0.25, 0.3) is 0 Å². The molecule has 0 saturated heterocycles. The maximum Gasteiger partial charge on any atom is 0.0270 e. The van der Waals surface area contributed by atoms with Gasteiger partial charge in [-0.3, -0.25) is 4.98 Å². The number of hydrogen-bond donors (Lipinski definition) is 1. The Hall–Kier alpha value is -1.15. The van der Waals surface area contributed by atoms with E-state index in [1.807, 2.05) is 18.5 Å². The number of allylic oxidation sites excluding steroid dienone is 1. The molecule has 1 N–H and O–H groups in total. The van der Waals surface area contributed by atoms with Crippen LogP contribution >= 0.6 is 0 Å². The molecule has 0 spiro atoms. The third kappa shape index (κ3) is 6.22. The number of aromatic nitrogens is 1. The first-order chi connectivity index (χ1) is 8.36. The number of nitrogens with one attached hydrogen (secondary N) is 1. The monoisotopic (exact) mass is 232 g/mol. The van der Waals surface area contributed by atoms with Crippen molar-refractivity contribution in [2.24, 2.45) is 0 Å². The SMILES string of the molecule is C=CCCCC(CCc1ccncc1)NCC. The van der Waals surface area contributed by atoms with Crippen LogP contribution in [0.2, 0.25) is 0 Å². The number of rotatable bonds is 9. The molecule has 1 unspecified atom stereocenters. The van der Waals surface area contributed by atoms with E-state index < -0.39 is 0 Å². The van der Waals surface area contributed by atoms with Crippen LogP contribution in [0, 0.1) is 0 Å². The number of unbranched alkanes of at least 4 members (excludes halogenated alkanes) is 1. The van der Waals surface area contributed by atoms with E-state index >= 15 is 0 Å². The molecule has 2 nitrogen and oxygen atoms in total. The number of hydrogen-bond acceptors (Lipinski definition) is 2. The summed E-state index contributed by atoms with van der Waals surface area (Å²) in [6, 6.07) is 4.84. The molecule has 1 aromatic rings. The maximum absolute atomic E-state index is 4.04. The second kappa shape index (κ2) is 8.94. The zero-order valence-corrected chi connectivity index (χ0v) is 10.9. The molecule has 0 radical (unpaired) electrons. The van der Waals surface area contributed by atoms with Crippen molar-refractivity contribution in [1.82, 2.24) is 10.3 Å². The van der Waals surface area contributed by atoms with Gasteiger partial charge in [0, 0.05) is 18.4 Å². The van der Waals surface area contributed by atoms with Crippen molar-refractivity contribution in [1.29, 1.82) is 0 Å². The molecule has 0 aromatic carbocycles. The number of pyridine rings is 1. The molecular formula is C15H24N2. The molecule has 0 aliphatic rings. The van der Waals surface area contributed by atoms with Crippen molar-refractivity contribution in [3.63, 3.8) is 0 Å². The van der Waals surface area contributed by atoms with Gasteiger partial charge in [0.2, 0.25) is 0 Å². The summed E-state index contributed by atoms with van der Waals surface area (Å²) in [6.07, 6.45) is 11.7. The number of nitrogens with zero attached hydrogens (tertiary/aromatic N) is 1. The highest BCUT2D eigenvalue weighted by Crippen LogP contribution is 2.09. The molecule has 94 valence electrons. The van der Waals surface area contributed by atoms with Crippen molar-refractivity contribution in [2.45, 2.75) is 45.1 Å². The Balaban J connectivity index is 2.30. The summed E-state index contributed by atoms with van der Waals surface area (Å²) in [5.41, 5.74) is 1.38. The third-order valence-corrected chi connectivity index (χ3v) is 2.98. The fourth-order valence-electron chi connectivity index (χ4n) is 2.04. The van der Waals surface area contributed by atoms with Crippen LogP contribution < -0.4 is 5.32 Å². The van der Waals surface area contributed by atoms with Gasteiger partial charge in [-0.1, -0.05) is 13.0 Å². The molecular weight excluding hydrogens is 208 g/mol. The normalized spacial score (nSPS) is 12.3. The van der Waals surface area contributed by atoms with Crippen LogP contribution in [0.1, 0.15) is 38.2 Å². The highest BCUT2D eigenvalue weighted by Gasteiger charge is 2.06. The Morgan fingerprint density at radius 2 is 2.12 bits per heavy atom. The first kappa shape index (κ1) is 13.9. The molecule has 1 rings (SSSR count). The lowest BCUT2D eigenvalue weighted by Gasteiger charge is -2.17. The second-order valence-electron chi connectivity index (χ2n) is 4.37. The average Bonchev–Trinajstić information content (AvgIpc) is 2.37. The topological polar surface area (TPSA) is 24.9 Å². The average molecular weight is 232 g/mol. The van der Waals surface area contributed by atoms with Crippen LogP contribution in [-0.4, -0.2) is 17.6 Å². The zero-order valence-electron chi connectivity index (χ0n) is 10.9. The molecule has 1 atom stereocenters. The molecule has 0 fully saturated rings. The van der Waals surface area contributed by atoms with Gasteiger partial charge in [0.15, 0.2) is 0 Å². The van der Waals surface area contributed by atoms with E-state index in [0.29, 0.717) is 6.04 Å². The van der Waals surface area contributed by atoms with Gasteiger partial charge in [-0.25, -0.2) is 0 Å². The minimum Gasteiger partial charge on any atom is -0.314 e. The van der Waals surface area contributed by atoms with Gasteiger partial charge in [0.05, 0.1) is 0 Å². The predicted octanol–water partition coefficient (Wildman–Crippen LogP) is 3.35. The van der Waals surface area contributed by atoms with Gasteiger partial charge in [-0.05, 0) is 56.3 Å². The molecule has 17 heavy (non-hydrogen) atoms. The van der Waals surface area contributed by atoms with Crippen molar-refractivity contribution in [3.05, 3.63) is 42.7 Å². The predicted molar refractivity (Wildman–Crippen MR) is 74.1 cm³/mol. The zero-order chi connectivity index (χ0) is 12.3. The van der Waals surface area contributed by atoms with E-state index in [1.54, 1.807) is 0 Å². The molecule has 0 saturated carbocycles. The fourth-order valence-corrected chi connectivity index (χ4v) is 2.04. The quantitative estimate of drug-likeness (QED) is 0.522. The van der Waals surface area contributed by atoms with Gasteiger partial charge >= 0.3 is 0 Å².